The zero-order valence-corrected chi connectivity index (χ0v) is 52.2. The first-order chi connectivity index (χ1) is 62.9. The summed E-state index contributed by atoms with van der Waals surface area (Å²) in [5.74, 6) is 0.759. The Morgan fingerprint density at radius 1 is 0.411 bits per heavy atom. The molecule has 16 aromatic rings. The van der Waals surface area contributed by atoms with Gasteiger partial charge in [0.15, 0.2) is 16.1 Å². The number of aromatic nitrogens is 4. The number of hydrogen-bond acceptors (Lipinski definition) is 2. The monoisotopic (exact) mass is 1290 g/mol. The molecule has 13 aromatic carbocycles. The van der Waals surface area contributed by atoms with Gasteiger partial charge >= 0.3 is 0 Å². The molecule has 0 atom stereocenters. The largest absolute Gasteiger partial charge is 0.458 e. The molecule has 0 spiro atoms. The van der Waals surface area contributed by atoms with Gasteiger partial charge in [-0.3, -0.25) is 13.7 Å². The van der Waals surface area contributed by atoms with Crippen LogP contribution < -0.4 is 50.8 Å². The average Bonchev–Trinajstić information content (AvgIpc) is 0.716. The third-order valence-electron chi connectivity index (χ3n) is 16.4. The van der Waals surface area contributed by atoms with Crippen LogP contribution in [-0.2, 0) is 5.41 Å². The van der Waals surface area contributed by atoms with Crippen molar-refractivity contribution in [3.05, 3.63) is 369 Å². The van der Waals surface area contributed by atoms with E-state index in [0.717, 1.165) is 56.8 Å². The van der Waals surface area contributed by atoms with Crippen LogP contribution in [0.15, 0.2) is 357 Å². The number of para-hydroxylation sites is 2. The lowest BCUT2D eigenvalue weighted by atomic mass is 9.88. The Morgan fingerprint density at radius 3 is 1.48 bits per heavy atom. The molecule has 0 aliphatic rings. The molecule has 0 radical (unpaired) electrons. The van der Waals surface area contributed by atoms with Crippen molar-refractivity contribution in [3.63, 3.8) is 0 Å². The van der Waals surface area contributed by atoms with Gasteiger partial charge in [-0.25, -0.2) is 4.98 Å². The highest BCUT2D eigenvalue weighted by molar-refractivity contribution is 7.20. The number of ether oxygens (including phenoxy) is 1. The van der Waals surface area contributed by atoms with Crippen LogP contribution in [0.2, 0.25) is 0 Å². The molecule has 0 saturated heterocycles. The van der Waals surface area contributed by atoms with Gasteiger partial charge in [0.25, 0.3) is 6.33 Å². The first-order valence-corrected chi connectivity index (χ1v) is 33.5. The molecule has 3 heterocycles. The van der Waals surface area contributed by atoms with Crippen molar-refractivity contribution in [2.24, 2.45) is 0 Å². The number of imidazole rings is 1. The molecule has 0 amide bonds. The van der Waals surface area contributed by atoms with E-state index in [0.29, 0.717) is 11.3 Å². The standard InChI is InChI=1S/C88H68N4OSi2/c1-88(2,3)66-56-57-89-86(59-66)92-82-51-26-25-48-80(82)81-54-52-69(61-84(81)92)93-68-34-28-33-67(60-68)90-63-91(83-55-53-77(62-85(83)90)95(73-41-19-8-20-42-73,74-43-21-9-22-44-74)75-45-23-10-24-46-75)87-78(64-30-11-4-12-31-64)49-29-50-79(87)65-32-27-47-76(58-65)94(70-35-13-5-14-36-70,71-37-15-6-16-38-71)72-39-17-7-18-40-72/h4-62H,1-3H3/i4D,5D,6D,7D,8D,9D,10D,11D,12D,13D,14D,15D,16D,17D,18D,19D,20D,21D,22D,23D,24D,27D,30D,31D,32D,35D,36D,37D,38D,39D,40D,41D,42D,43D,44D,45D,46D,47D,58D. The zero-order valence-electron chi connectivity index (χ0n) is 89.2. The topological polar surface area (TPSA) is 35.9 Å². The molecule has 0 saturated carbocycles. The molecular formula is C88H68N4OSi2. The summed E-state index contributed by atoms with van der Waals surface area (Å²) in [5, 5.41) is -6.61. The summed E-state index contributed by atoms with van der Waals surface area (Å²) >= 11 is 0. The maximum Gasteiger partial charge on any atom is 0.269 e. The molecule has 0 aliphatic heterocycles. The van der Waals surface area contributed by atoms with Gasteiger partial charge in [-0.2, -0.15) is 0 Å². The van der Waals surface area contributed by atoms with E-state index in [2.05, 4.69) is 27.1 Å². The van der Waals surface area contributed by atoms with Gasteiger partial charge in [-0.05, 0) is 123 Å². The highest BCUT2D eigenvalue weighted by Crippen LogP contribution is 2.38. The van der Waals surface area contributed by atoms with Crippen molar-refractivity contribution in [1.29, 1.82) is 0 Å². The summed E-state index contributed by atoms with van der Waals surface area (Å²) in [5.41, 5.74) is -2.27. The molecule has 16 rings (SSSR count). The lowest BCUT2D eigenvalue weighted by Gasteiger charge is -2.34. The first-order valence-electron chi connectivity index (χ1n) is 49.0. The Bertz CT molecular complexity index is 7390. The van der Waals surface area contributed by atoms with Crippen molar-refractivity contribution in [3.8, 4) is 50.9 Å². The van der Waals surface area contributed by atoms with E-state index >= 15 is 0 Å². The summed E-state index contributed by atoms with van der Waals surface area (Å²) in [6.07, 6.45) is 4.95. The smallest absolute Gasteiger partial charge is 0.269 e. The van der Waals surface area contributed by atoms with Crippen molar-refractivity contribution in [2.45, 2.75) is 26.2 Å². The van der Waals surface area contributed by atoms with Crippen molar-refractivity contribution in [1.82, 2.24) is 14.1 Å². The van der Waals surface area contributed by atoms with Gasteiger partial charge < -0.3 is 4.74 Å². The fourth-order valence-electron chi connectivity index (χ4n) is 12.2. The Labute approximate surface area is 612 Å². The molecule has 0 bridgehead atoms. The average molecular weight is 1290 g/mol. The zero-order chi connectivity index (χ0) is 97.9. The quantitative estimate of drug-likeness (QED) is 0.0444. The van der Waals surface area contributed by atoms with E-state index in [1.807, 2.05) is 47.0 Å². The maximum atomic E-state index is 11.2. The Kier molecular flexibility index (Phi) is 7.76. The molecule has 3 aromatic heterocycles. The van der Waals surface area contributed by atoms with Gasteiger partial charge in [0, 0.05) is 23.0 Å². The SMILES string of the molecule is [2H]c1c([2H])c([2H])c(-c2cccc(-c3c([2H])c([2H])c([2H])c([Si](c4c([2H])c([2H])c([2H])c([2H])c4[2H])(c4c([2H])c([2H])c([2H])c([2H])c4[2H])c4c([2H])c([2H])c([2H])c([2H])c4[2H])c3[2H])c2-[n+]2[c-]n(-c3cccc(Oc4ccc5c6ccccc6n(-c6cc(C(C)(C)C)ccn6)c5c4)c3)c3cc([Si](c4c([2H])c([2H])c([2H])c([2H])c4[2H])(c4c([2H])c([2H])c([2H])c([2H])c4[2H])c4c([2H])c([2H])c([2H])c([2H])c4[2H])ccc32)c([2H])c1[2H]. The summed E-state index contributed by atoms with van der Waals surface area (Å²) in [6.45, 7) is 6.16. The van der Waals surface area contributed by atoms with Crippen LogP contribution in [-0.4, -0.2) is 30.3 Å². The Hall–Kier alpha value is -11.5. The molecule has 0 fully saturated rings. The second-order valence-electron chi connectivity index (χ2n) is 22.7. The van der Waals surface area contributed by atoms with E-state index in [-0.39, 0.29) is 33.6 Å². The van der Waals surface area contributed by atoms with E-state index in [9.17, 15) is 43.9 Å². The van der Waals surface area contributed by atoms with Crippen LogP contribution in [0.25, 0.3) is 72.3 Å². The number of benzene rings is 13. The number of pyridine rings is 1. The minimum absolute atomic E-state index is 0.00493. The Morgan fingerprint density at radius 2 is 0.905 bits per heavy atom. The second-order valence-corrected chi connectivity index (χ2v) is 29.8. The van der Waals surface area contributed by atoms with Crippen LogP contribution >= 0.6 is 0 Å². The van der Waals surface area contributed by atoms with E-state index in [1.165, 1.54) is 34.9 Å². The number of fused-ring (bicyclic) bond motifs is 4. The van der Waals surface area contributed by atoms with E-state index in [1.54, 1.807) is 18.3 Å². The van der Waals surface area contributed by atoms with Crippen LogP contribution in [0.3, 0.4) is 0 Å². The fourth-order valence-corrected chi connectivity index (χ4v) is 19.6. The predicted octanol–water partition coefficient (Wildman–Crippen LogP) is 15.4. The van der Waals surface area contributed by atoms with Gasteiger partial charge in [-0.15, -0.1) is 0 Å². The molecule has 95 heavy (non-hydrogen) atoms. The minimum atomic E-state index is -6.69. The lowest BCUT2D eigenvalue weighted by molar-refractivity contribution is -0.571. The van der Waals surface area contributed by atoms with Crippen molar-refractivity contribution in [2.75, 3.05) is 0 Å². The van der Waals surface area contributed by atoms with Crippen LogP contribution in [0.1, 0.15) is 79.8 Å². The lowest BCUT2D eigenvalue weighted by Crippen LogP contribution is -2.74. The molecule has 7 heteroatoms. The number of rotatable bonds is 15. The normalized spacial score (nSPS) is 17.7. The first kappa shape index (κ1) is 30.1. The number of hydrogen-bond donors (Lipinski definition) is 0. The minimum Gasteiger partial charge on any atom is -0.458 e. The predicted molar refractivity (Wildman–Crippen MR) is 399 cm³/mol. The summed E-state index contributed by atoms with van der Waals surface area (Å²) in [7, 11) is -12.9. The molecule has 454 valence electrons. The highest BCUT2D eigenvalue weighted by atomic mass is 28.3. The van der Waals surface area contributed by atoms with Crippen LogP contribution in [0, 0.1) is 6.33 Å². The maximum absolute atomic E-state index is 11.2. The third-order valence-corrected chi connectivity index (χ3v) is 24.6. The van der Waals surface area contributed by atoms with Gasteiger partial charge in [0.05, 0.1) is 86.9 Å². The van der Waals surface area contributed by atoms with Gasteiger partial charge in [-0.1, -0.05) is 317 Å². The van der Waals surface area contributed by atoms with Crippen LogP contribution in [0.4, 0.5) is 0 Å². The molecule has 0 unspecified atom stereocenters. The Balaban J connectivity index is 1.12. The summed E-state index contributed by atoms with van der Waals surface area (Å²) < 4.78 is 385. The molecular weight excluding hydrogens is 1190 g/mol. The highest BCUT2D eigenvalue weighted by Gasteiger charge is 2.43. The molecule has 0 N–H and O–H groups in total. The van der Waals surface area contributed by atoms with Crippen molar-refractivity contribution < 1.29 is 62.8 Å². The summed E-state index contributed by atoms with van der Waals surface area (Å²) in [6, 6.07) is -16.6. The van der Waals surface area contributed by atoms with Crippen LogP contribution in [0.5, 0.6) is 11.5 Å². The van der Waals surface area contributed by atoms with Gasteiger partial charge in [0.1, 0.15) is 17.3 Å². The fraction of sp³-hybridized carbons (Fsp3) is 0.0455. The third kappa shape index (κ3) is 10.3. The van der Waals surface area contributed by atoms with E-state index in [4.69, 9.17) is 19.3 Å². The summed E-state index contributed by atoms with van der Waals surface area (Å²) in [4.78, 5) is 4.83. The molecule has 5 nitrogen and oxygen atoms in total. The second kappa shape index (κ2) is 24.5. The van der Waals surface area contributed by atoms with E-state index < -0.39 is 321 Å². The molecule has 0 aliphatic carbocycles. The number of nitrogens with zero attached hydrogens (tertiary/aromatic N) is 4. The van der Waals surface area contributed by atoms with Crippen molar-refractivity contribution >= 4 is 90.5 Å². The van der Waals surface area contributed by atoms with Gasteiger partial charge in [0.2, 0.25) is 0 Å².